The molecule has 0 aromatic heterocycles. The number of amides is 2. The number of rotatable bonds is 9. The first-order chi connectivity index (χ1) is 16.2. The minimum absolute atomic E-state index is 0.00741. The Morgan fingerprint density at radius 3 is 2.23 bits per heavy atom. The van der Waals surface area contributed by atoms with Crippen LogP contribution in [0.3, 0.4) is 0 Å². The van der Waals surface area contributed by atoms with Crippen LogP contribution in [0.5, 0.6) is 0 Å². The predicted octanol–water partition coefficient (Wildman–Crippen LogP) is 5.30. The minimum Gasteiger partial charge on any atom is -0.530 e. The number of alkyl halides is 3. The predicted molar refractivity (Wildman–Crippen MR) is 119 cm³/mol. The van der Waals surface area contributed by atoms with Crippen LogP contribution in [0.15, 0.2) is 49.1 Å². The zero-order valence-electron chi connectivity index (χ0n) is 18.3. The lowest BCUT2D eigenvalue weighted by Gasteiger charge is -2.47. The SMILES string of the molecule is C=CC[C@@](CN(C)C(=O)CC(F)(F)F)(c1ccc(Cl)c(Cl)c1)N(Cc1ccc(F)c(F)c1)C(=O)[O-]. The van der Waals surface area contributed by atoms with Gasteiger partial charge in [0.15, 0.2) is 11.6 Å². The highest BCUT2D eigenvalue weighted by Crippen LogP contribution is 2.38. The lowest BCUT2D eigenvalue weighted by Crippen LogP contribution is -2.58. The molecule has 0 radical (unpaired) electrons. The number of carboxylic acid groups (broad SMARTS) is 1. The number of likely N-dealkylation sites (N-methyl/N-ethyl adjacent to an activating group) is 1. The maximum absolute atomic E-state index is 13.8. The second-order valence-electron chi connectivity index (χ2n) is 7.80. The van der Waals surface area contributed by atoms with Gasteiger partial charge in [-0.05, 0) is 41.8 Å². The van der Waals surface area contributed by atoms with E-state index in [0.29, 0.717) is 4.90 Å². The normalized spacial score (nSPS) is 13.1. The zero-order valence-corrected chi connectivity index (χ0v) is 19.9. The molecule has 2 rings (SSSR count). The standard InChI is InChI=1S/C23H21Cl2F5N2O3/c1-3-8-22(15-5-6-16(24)17(25)10-15,13-31(2)20(33)11-23(28,29)30)32(21(34)35)12-14-4-7-18(26)19(27)9-14/h3-7,9-10H,1,8,11-13H2,2H3,(H,34,35)/p-1/t22-/m1/s1. The molecule has 35 heavy (non-hydrogen) atoms. The van der Waals surface area contributed by atoms with Gasteiger partial charge in [-0.15, -0.1) is 6.58 Å². The van der Waals surface area contributed by atoms with Crippen LogP contribution in [-0.4, -0.2) is 41.6 Å². The molecule has 0 aliphatic heterocycles. The number of benzene rings is 2. The van der Waals surface area contributed by atoms with E-state index in [1.165, 1.54) is 24.3 Å². The molecule has 0 aliphatic rings. The molecule has 0 bridgehead atoms. The molecule has 2 amide bonds. The smallest absolute Gasteiger partial charge is 0.397 e. The van der Waals surface area contributed by atoms with E-state index in [0.717, 1.165) is 30.1 Å². The highest BCUT2D eigenvalue weighted by atomic mass is 35.5. The molecule has 0 aliphatic carbocycles. The summed E-state index contributed by atoms with van der Waals surface area (Å²) in [5.74, 6) is -3.72. The fraction of sp³-hybridized carbons (Fsp3) is 0.304. The Morgan fingerprint density at radius 1 is 1.06 bits per heavy atom. The number of hydrogen-bond donors (Lipinski definition) is 0. The average Bonchev–Trinajstić information content (AvgIpc) is 2.74. The molecular weight excluding hydrogens is 518 g/mol. The largest absolute Gasteiger partial charge is 0.530 e. The van der Waals surface area contributed by atoms with Gasteiger partial charge >= 0.3 is 6.18 Å². The van der Waals surface area contributed by atoms with E-state index >= 15 is 0 Å². The van der Waals surface area contributed by atoms with Crippen molar-refractivity contribution in [2.24, 2.45) is 0 Å². The van der Waals surface area contributed by atoms with E-state index in [9.17, 15) is 36.6 Å². The summed E-state index contributed by atoms with van der Waals surface area (Å²) in [6.07, 6.45) is -7.28. The first-order valence-corrected chi connectivity index (χ1v) is 10.8. The summed E-state index contributed by atoms with van der Waals surface area (Å²) in [6.45, 7) is 2.46. The van der Waals surface area contributed by atoms with Crippen molar-refractivity contribution in [1.82, 2.24) is 9.80 Å². The summed E-state index contributed by atoms with van der Waals surface area (Å²) < 4.78 is 65.7. The Kier molecular flexibility index (Phi) is 9.13. The molecule has 2 aromatic carbocycles. The molecular formula is C23H20Cl2F5N2O3-. The molecule has 0 heterocycles. The molecule has 2 aromatic rings. The van der Waals surface area contributed by atoms with Crippen molar-refractivity contribution < 1.29 is 36.6 Å². The Balaban J connectivity index is 2.68. The first kappa shape index (κ1) is 28.4. The highest BCUT2D eigenvalue weighted by Gasteiger charge is 2.42. The highest BCUT2D eigenvalue weighted by molar-refractivity contribution is 6.42. The average molecular weight is 538 g/mol. The monoisotopic (exact) mass is 537 g/mol. The Labute approximate surface area is 208 Å². The van der Waals surface area contributed by atoms with Gasteiger partial charge in [-0.3, -0.25) is 4.79 Å². The maximum atomic E-state index is 13.8. The summed E-state index contributed by atoms with van der Waals surface area (Å²) in [4.78, 5) is 26.1. The van der Waals surface area contributed by atoms with Gasteiger partial charge in [0, 0.05) is 20.1 Å². The van der Waals surface area contributed by atoms with E-state index in [4.69, 9.17) is 23.2 Å². The van der Waals surface area contributed by atoms with Crippen LogP contribution in [0.4, 0.5) is 26.7 Å². The number of halogens is 7. The molecule has 0 unspecified atom stereocenters. The van der Waals surface area contributed by atoms with Crippen LogP contribution < -0.4 is 5.11 Å². The van der Waals surface area contributed by atoms with Crippen molar-refractivity contribution in [1.29, 1.82) is 0 Å². The van der Waals surface area contributed by atoms with E-state index in [1.54, 1.807) is 0 Å². The number of hydrogen-bond acceptors (Lipinski definition) is 3. The molecule has 190 valence electrons. The molecule has 0 N–H and O–H groups in total. The second-order valence-corrected chi connectivity index (χ2v) is 8.61. The summed E-state index contributed by atoms with van der Waals surface area (Å²) in [6, 6.07) is 6.75. The van der Waals surface area contributed by atoms with E-state index in [1.807, 2.05) is 0 Å². The third-order valence-electron chi connectivity index (χ3n) is 5.28. The van der Waals surface area contributed by atoms with Crippen LogP contribution >= 0.6 is 23.2 Å². The van der Waals surface area contributed by atoms with E-state index < -0.39 is 54.9 Å². The van der Waals surface area contributed by atoms with Gasteiger partial charge in [-0.2, -0.15) is 13.2 Å². The van der Waals surface area contributed by atoms with Crippen LogP contribution in [-0.2, 0) is 16.9 Å². The van der Waals surface area contributed by atoms with Crippen LogP contribution in [0, 0.1) is 11.6 Å². The summed E-state index contributed by atoms with van der Waals surface area (Å²) in [7, 11) is 1.08. The maximum Gasteiger partial charge on any atom is 0.397 e. The number of carbonyl (C=O) groups excluding carboxylic acids is 2. The van der Waals surface area contributed by atoms with Gasteiger partial charge in [0.25, 0.3) is 0 Å². The van der Waals surface area contributed by atoms with Crippen molar-refractivity contribution in [2.45, 2.75) is 31.1 Å². The second kappa shape index (κ2) is 11.3. The molecule has 12 heteroatoms. The Hall–Kier alpha value is -2.85. The van der Waals surface area contributed by atoms with Crippen LogP contribution in [0.1, 0.15) is 24.0 Å². The molecule has 5 nitrogen and oxygen atoms in total. The van der Waals surface area contributed by atoms with Gasteiger partial charge < -0.3 is 19.7 Å². The molecule has 0 spiro atoms. The van der Waals surface area contributed by atoms with Gasteiger partial charge in [0.1, 0.15) is 12.5 Å². The topological polar surface area (TPSA) is 63.7 Å². The third-order valence-corrected chi connectivity index (χ3v) is 6.02. The fourth-order valence-corrected chi connectivity index (χ4v) is 3.95. The molecule has 1 atom stereocenters. The van der Waals surface area contributed by atoms with Gasteiger partial charge in [-0.25, -0.2) is 8.78 Å². The van der Waals surface area contributed by atoms with Gasteiger partial charge in [-0.1, -0.05) is 41.4 Å². The van der Waals surface area contributed by atoms with E-state index in [2.05, 4.69) is 6.58 Å². The summed E-state index contributed by atoms with van der Waals surface area (Å²) >= 11 is 12.1. The first-order valence-electron chi connectivity index (χ1n) is 10.00. The molecule has 0 saturated carbocycles. The Bertz CT molecular complexity index is 1110. The zero-order chi connectivity index (χ0) is 26.6. The number of nitrogens with zero attached hydrogens (tertiary/aromatic N) is 2. The van der Waals surface area contributed by atoms with Crippen molar-refractivity contribution in [3.05, 3.63) is 81.9 Å². The number of carbonyl (C=O) groups is 2. The van der Waals surface area contributed by atoms with Crippen LogP contribution in [0.2, 0.25) is 10.0 Å². The lowest BCUT2D eigenvalue weighted by atomic mass is 9.83. The van der Waals surface area contributed by atoms with Crippen molar-refractivity contribution in [2.75, 3.05) is 13.6 Å². The Morgan fingerprint density at radius 2 is 1.71 bits per heavy atom. The van der Waals surface area contributed by atoms with Crippen molar-refractivity contribution >= 4 is 35.2 Å². The quantitative estimate of drug-likeness (QED) is 0.322. The van der Waals surface area contributed by atoms with Crippen LogP contribution in [0.25, 0.3) is 0 Å². The molecule has 0 saturated heterocycles. The minimum atomic E-state index is -4.80. The van der Waals surface area contributed by atoms with Crippen molar-refractivity contribution in [3.63, 3.8) is 0 Å². The lowest BCUT2D eigenvalue weighted by molar-refractivity contribution is -0.274. The summed E-state index contributed by atoms with van der Waals surface area (Å²) in [5.41, 5.74) is -1.61. The molecule has 0 fully saturated rings. The fourth-order valence-electron chi connectivity index (χ4n) is 3.65. The third kappa shape index (κ3) is 7.08. The van der Waals surface area contributed by atoms with Gasteiger partial charge in [0.05, 0.1) is 15.6 Å². The van der Waals surface area contributed by atoms with Gasteiger partial charge in [0.2, 0.25) is 5.91 Å². The van der Waals surface area contributed by atoms with E-state index in [-0.39, 0.29) is 27.6 Å². The van der Waals surface area contributed by atoms with Crippen molar-refractivity contribution in [3.8, 4) is 0 Å². The summed E-state index contributed by atoms with van der Waals surface area (Å²) in [5, 5.41) is 12.5.